The third-order valence-electron chi connectivity index (χ3n) is 10.5. The molecule has 1 aliphatic heterocycles. The van der Waals surface area contributed by atoms with Crippen LogP contribution in [0.5, 0.6) is 0 Å². The van der Waals surface area contributed by atoms with E-state index in [1.165, 1.54) is 24.3 Å². The van der Waals surface area contributed by atoms with Crippen molar-refractivity contribution in [1.82, 2.24) is 35.7 Å². The number of rotatable bonds is 27. The van der Waals surface area contributed by atoms with Gasteiger partial charge in [-0.15, -0.1) is 0 Å². The molecule has 19 nitrogen and oxygen atoms in total. The molecule has 1 aromatic carbocycles. The van der Waals surface area contributed by atoms with Crippen molar-refractivity contribution >= 4 is 43.3 Å². The van der Waals surface area contributed by atoms with Crippen molar-refractivity contribution in [3.63, 3.8) is 0 Å². The van der Waals surface area contributed by atoms with Gasteiger partial charge in [-0.1, -0.05) is 69.9 Å². The van der Waals surface area contributed by atoms with E-state index in [9.17, 15) is 43.3 Å². The fourth-order valence-electron chi connectivity index (χ4n) is 7.21. The fraction of sp³-hybridized carbons (Fsp3) is 0.634. The number of hydrogen-bond donors (Lipinski definition) is 7. The van der Waals surface area contributed by atoms with Gasteiger partial charge in [0.05, 0.1) is 19.0 Å². The molecule has 6 amide bonds. The quantitative estimate of drug-likeness (QED) is 0.0499. The number of aliphatic hydroxyl groups excluding tert-OH is 1. The van der Waals surface area contributed by atoms with Crippen molar-refractivity contribution in [3.05, 3.63) is 54.1 Å². The summed E-state index contributed by atoms with van der Waals surface area (Å²) in [4.78, 5) is 94.8. The Morgan fingerprint density at radius 1 is 0.902 bits per heavy atom. The van der Waals surface area contributed by atoms with Crippen LogP contribution in [0.2, 0.25) is 0 Å². The van der Waals surface area contributed by atoms with E-state index in [4.69, 9.17) is 10.3 Å². The number of likely N-dealkylation sites (tertiary alicyclic amines) is 1. The van der Waals surface area contributed by atoms with Gasteiger partial charge < -0.3 is 46.5 Å². The van der Waals surface area contributed by atoms with Crippen molar-refractivity contribution in [2.45, 2.75) is 141 Å². The minimum atomic E-state index is -4.61. The lowest BCUT2D eigenvalue weighted by Gasteiger charge is -2.28. The van der Waals surface area contributed by atoms with Gasteiger partial charge >= 0.3 is 7.82 Å². The summed E-state index contributed by atoms with van der Waals surface area (Å²) in [5.41, 5.74) is 7.35. The number of benzene rings is 1. The van der Waals surface area contributed by atoms with Crippen LogP contribution in [0, 0.1) is 5.92 Å². The summed E-state index contributed by atoms with van der Waals surface area (Å²) < 4.78 is 23.1. The zero-order chi connectivity index (χ0) is 45.1. The SMILES string of the molecule is COP(=O)(O)O[C@H](C)[C@H](NC(=O)C(CO)NC(=O)[C@H](Cc1cncn1CCCCCCCCc1ccccc1)NC(=O)[C@H](CC(C)C)NC(=O)[C@@H]1CCCN1C(C)=O)C(N)=O. The number of carbonyl (C=O) groups is 6. The number of amides is 6. The molecule has 2 heterocycles. The second kappa shape index (κ2) is 25.3. The first-order valence-corrected chi connectivity index (χ1v) is 22.4. The summed E-state index contributed by atoms with van der Waals surface area (Å²) in [6.07, 6.45) is 10.1. The maximum atomic E-state index is 14.1. The molecule has 20 heteroatoms. The highest BCUT2D eigenvalue weighted by Crippen LogP contribution is 2.43. The molecule has 0 spiro atoms. The van der Waals surface area contributed by atoms with Crippen molar-refractivity contribution in [3.8, 4) is 0 Å². The number of aliphatic hydroxyl groups is 1. The number of nitrogens with one attached hydrogen (secondary N) is 4. The molecule has 1 fully saturated rings. The van der Waals surface area contributed by atoms with E-state index in [1.54, 1.807) is 12.5 Å². The molecule has 1 aromatic heterocycles. The Balaban J connectivity index is 1.77. The van der Waals surface area contributed by atoms with Crippen LogP contribution in [0.25, 0.3) is 0 Å². The number of carbonyl (C=O) groups excluding carboxylic acids is 6. The van der Waals surface area contributed by atoms with E-state index >= 15 is 0 Å². The van der Waals surface area contributed by atoms with Crippen molar-refractivity contribution < 1.29 is 52.4 Å². The molecule has 0 saturated carbocycles. The zero-order valence-corrected chi connectivity index (χ0v) is 36.8. The zero-order valence-electron chi connectivity index (χ0n) is 35.9. The topological polar surface area (TPSA) is 274 Å². The standard InChI is InChI=1S/C41H65N8O11P/c1-27(2)22-32(45-41(56)35-19-15-21-49(35)29(4)51)38(53)44-33(39(54)46-34(25-50)40(55)47-36(37(42)52)28(3)60-61(57,58)59-5)23-31-24-43-26-48(31)20-14-9-7-6-8-11-16-30-17-12-10-13-18-30/h10,12-13,17-18,24,26-28,32-36,50H,6-9,11,14-16,19-23,25H2,1-5H3,(H2,42,52)(H,44,53)(H,45,56)(H,46,54)(H,47,55)(H,57,58)/t28-,32+,33+,34?,35+,36+/m1/s1. The minimum Gasteiger partial charge on any atom is -0.394 e. The van der Waals surface area contributed by atoms with Gasteiger partial charge in [-0.05, 0) is 56.9 Å². The van der Waals surface area contributed by atoms with E-state index < -0.39 is 80.3 Å². The van der Waals surface area contributed by atoms with Gasteiger partial charge in [-0.25, -0.2) is 9.55 Å². The van der Waals surface area contributed by atoms with Crippen LogP contribution in [0.1, 0.15) is 96.7 Å². The van der Waals surface area contributed by atoms with E-state index in [0.29, 0.717) is 31.6 Å². The van der Waals surface area contributed by atoms with Crippen LogP contribution in [0.3, 0.4) is 0 Å². The summed E-state index contributed by atoms with van der Waals surface area (Å²) in [6, 6.07) is 3.79. The van der Waals surface area contributed by atoms with Crippen LogP contribution < -0.4 is 27.0 Å². The Labute approximate surface area is 357 Å². The maximum Gasteiger partial charge on any atom is 0.472 e. The minimum absolute atomic E-state index is 0.0724. The lowest BCUT2D eigenvalue weighted by atomic mass is 10.0. The number of imidazole rings is 1. The number of phosphoric acid groups is 1. The van der Waals surface area contributed by atoms with E-state index in [-0.39, 0.29) is 24.7 Å². The Kier molecular flexibility index (Phi) is 21.0. The van der Waals surface area contributed by atoms with Gasteiger partial charge in [0, 0.05) is 45.4 Å². The average Bonchev–Trinajstić information content (AvgIpc) is 3.89. The summed E-state index contributed by atoms with van der Waals surface area (Å²) in [5.74, 6) is -4.65. The largest absolute Gasteiger partial charge is 0.472 e. The molecule has 340 valence electrons. The molecule has 0 bridgehead atoms. The molecule has 7 atom stereocenters. The molecular formula is C41H65N8O11P. The maximum absolute atomic E-state index is 14.1. The Morgan fingerprint density at radius 3 is 2.15 bits per heavy atom. The van der Waals surface area contributed by atoms with Gasteiger partial charge in [0.1, 0.15) is 30.2 Å². The molecule has 0 aliphatic carbocycles. The van der Waals surface area contributed by atoms with Crippen LogP contribution in [0.4, 0.5) is 0 Å². The van der Waals surface area contributed by atoms with E-state index in [0.717, 1.165) is 52.1 Å². The third kappa shape index (κ3) is 17.0. The molecule has 0 radical (unpaired) electrons. The molecule has 2 aromatic rings. The second-order valence-electron chi connectivity index (χ2n) is 15.9. The highest BCUT2D eigenvalue weighted by atomic mass is 31.2. The Bertz CT molecular complexity index is 1800. The number of unbranched alkanes of at least 4 members (excludes halogenated alkanes) is 5. The Morgan fingerprint density at radius 2 is 1.52 bits per heavy atom. The van der Waals surface area contributed by atoms with Crippen LogP contribution in [0.15, 0.2) is 42.9 Å². The lowest BCUT2D eigenvalue weighted by Crippen LogP contribution is -2.61. The summed E-state index contributed by atoms with van der Waals surface area (Å²) >= 11 is 0. The van der Waals surface area contributed by atoms with Crippen LogP contribution >= 0.6 is 7.82 Å². The molecule has 1 saturated heterocycles. The first-order valence-electron chi connectivity index (χ1n) is 20.9. The summed E-state index contributed by atoms with van der Waals surface area (Å²) in [7, 11) is -3.71. The van der Waals surface area contributed by atoms with Crippen LogP contribution in [-0.2, 0) is 61.8 Å². The molecule has 1 aliphatic rings. The first kappa shape index (κ1) is 50.7. The lowest BCUT2D eigenvalue weighted by molar-refractivity contribution is -0.139. The van der Waals surface area contributed by atoms with E-state index in [1.807, 2.05) is 36.6 Å². The Hall–Kier alpha value is -4.68. The summed E-state index contributed by atoms with van der Waals surface area (Å²) in [6.45, 7) is 6.33. The van der Waals surface area contributed by atoms with Crippen molar-refractivity contribution in [2.75, 3.05) is 20.3 Å². The fourth-order valence-corrected chi connectivity index (χ4v) is 7.84. The average molecular weight is 877 g/mol. The normalized spacial score (nSPS) is 17.4. The number of primary amides is 1. The van der Waals surface area contributed by atoms with Crippen molar-refractivity contribution in [1.29, 1.82) is 0 Å². The van der Waals surface area contributed by atoms with Gasteiger partial charge in [0.25, 0.3) is 0 Å². The third-order valence-corrected chi connectivity index (χ3v) is 11.6. The van der Waals surface area contributed by atoms with Gasteiger partial charge in [0.15, 0.2) is 0 Å². The predicted molar refractivity (Wildman–Crippen MR) is 225 cm³/mol. The van der Waals surface area contributed by atoms with Crippen molar-refractivity contribution in [2.24, 2.45) is 11.7 Å². The smallest absolute Gasteiger partial charge is 0.394 e. The highest BCUT2D eigenvalue weighted by Gasteiger charge is 2.37. The first-order chi connectivity index (χ1) is 29.0. The number of aromatic nitrogens is 2. The molecule has 61 heavy (non-hydrogen) atoms. The monoisotopic (exact) mass is 876 g/mol. The molecular weight excluding hydrogens is 811 g/mol. The van der Waals surface area contributed by atoms with Gasteiger partial charge in [-0.3, -0.25) is 37.8 Å². The van der Waals surface area contributed by atoms with Crippen LogP contribution in [-0.4, -0.2) is 116 Å². The number of nitrogens with zero attached hydrogens (tertiary/aromatic N) is 3. The molecule has 2 unspecified atom stereocenters. The van der Waals surface area contributed by atoms with E-state index in [2.05, 4.69) is 42.9 Å². The number of phosphoric ester groups is 1. The second-order valence-corrected chi connectivity index (χ2v) is 17.4. The number of aryl methyl sites for hydroxylation is 2. The summed E-state index contributed by atoms with van der Waals surface area (Å²) in [5, 5.41) is 20.4. The highest BCUT2D eigenvalue weighted by molar-refractivity contribution is 7.47. The number of nitrogens with two attached hydrogens (primary N) is 1. The molecule has 3 rings (SSSR count). The van der Waals surface area contributed by atoms with Gasteiger partial charge in [-0.2, -0.15) is 0 Å². The van der Waals surface area contributed by atoms with Gasteiger partial charge in [0.2, 0.25) is 35.4 Å². The molecule has 8 N–H and O–H groups in total. The number of hydrogen-bond acceptors (Lipinski definition) is 11. The predicted octanol–water partition coefficient (Wildman–Crippen LogP) is 1.63.